The molecule has 9 nitrogen and oxygen atoms in total. The average Bonchev–Trinajstić information content (AvgIpc) is 2.80. The molecule has 0 aromatic carbocycles. The molecule has 2 aliphatic rings. The number of carbonyl (C=O) groups is 2. The summed E-state index contributed by atoms with van der Waals surface area (Å²) >= 11 is 0. The molecule has 4 rings (SSSR count). The molecule has 15 heteroatoms. The monoisotopic (exact) mass is 560 g/mol. The van der Waals surface area contributed by atoms with Crippen molar-refractivity contribution in [2.24, 2.45) is 0 Å². The number of carbonyl (C=O) groups excluding carboxylic acids is 2. The van der Waals surface area contributed by atoms with Gasteiger partial charge in [-0.15, -0.1) is 0 Å². The molecule has 2 amide bonds. The van der Waals surface area contributed by atoms with E-state index in [0.717, 1.165) is 12.4 Å². The number of alkyl halides is 6. The first kappa shape index (κ1) is 28.4. The Morgan fingerprint density at radius 3 is 2.36 bits per heavy atom. The third kappa shape index (κ3) is 6.17. The summed E-state index contributed by atoms with van der Waals surface area (Å²) in [6, 6.07) is 0.955. The zero-order chi connectivity index (χ0) is 28.9. The van der Waals surface area contributed by atoms with Gasteiger partial charge >= 0.3 is 18.4 Å². The summed E-state index contributed by atoms with van der Waals surface area (Å²) in [4.78, 5) is 39.2. The van der Waals surface area contributed by atoms with E-state index in [9.17, 15) is 35.9 Å². The van der Waals surface area contributed by atoms with Gasteiger partial charge in [0.05, 0.1) is 22.9 Å². The van der Waals surface area contributed by atoms with Crippen LogP contribution in [0.1, 0.15) is 51.2 Å². The van der Waals surface area contributed by atoms with Crippen molar-refractivity contribution in [1.82, 2.24) is 19.9 Å². The Morgan fingerprint density at radius 1 is 1.08 bits per heavy atom. The largest absolute Gasteiger partial charge is 0.444 e. The molecular formula is C24H26F6N6O3. The highest BCUT2D eigenvalue weighted by Gasteiger charge is 2.48. The van der Waals surface area contributed by atoms with E-state index in [4.69, 9.17) is 4.74 Å². The van der Waals surface area contributed by atoms with E-state index in [1.807, 2.05) is 0 Å². The lowest BCUT2D eigenvalue weighted by Gasteiger charge is -2.40. The van der Waals surface area contributed by atoms with E-state index in [-0.39, 0.29) is 25.5 Å². The van der Waals surface area contributed by atoms with Crippen LogP contribution in [-0.4, -0.2) is 69.3 Å². The maximum atomic E-state index is 13.9. The second-order valence-electron chi connectivity index (χ2n) is 10.4. The number of ether oxygens (including phenoxy) is 1. The third-order valence-corrected chi connectivity index (χ3v) is 6.24. The molecule has 39 heavy (non-hydrogen) atoms. The Balaban J connectivity index is 1.75. The van der Waals surface area contributed by atoms with E-state index in [1.165, 1.54) is 9.80 Å². The Bertz CT molecular complexity index is 1280. The average molecular weight is 560 g/mol. The molecule has 212 valence electrons. The number of hydrogen-bond acceptors (Lipinski definition) is 7. The van der Waals surface area contributed by atoms with Crippen molar-refractivity contribution in [3.8, 4) is 11.4 Å². The summed E-state index contributed by atoms with van der Waals surface area (Å²) in [5, 5.41) is 2.23. The quantitative estimate of drug-likeness (QED) is 0.517. The number of rotatable bonds is 2. The molecule has 1 fully saturated rings. The first-order valence-electron chi connectivity index (χ1n) is 12.0. The SMILES string of the molecule is C[C@H]1CN(c2cc(C(F)(F)F)cc(-c3ncnc4c3[C@H](C(F)(F)F)CC(=O)N4)n2)CCN1C(=O)OC(C)(C)C. The van der Waals surface area contributed by atoms with Gasteiger partial charge in [0, 0.05) is 37.7 Å². The van der Waals surface area contributed by atoms with E-state index in [0.29, 0.717) is 6.07 Å². The van der Waals surface area contributed by atoms with Crippen molar-refractivity contribution in [2.45, 2.75) is 64.0 Å². The van der Waals surface area contributed by atoms with Crippen LogP contribution in [0.5, 0.6) is 0 Å². The molecule has 0 unspecified atom stereocenters. The van der Waals surface area contributed by atoms with Gasteiger partial charge in [0.1, 0.15) is 23.6 Å². The molecule has 0 aliphatic carbocycles. The minimum atomic E-state index is -4.89. The van der Waals surface area contributed by atoms with Gasteiger partial charge < -0.3 is 19.9 Å². The van der Waals surface area contributed by atoms with E-state index < -0.39 is 76.7 Å². The van der Waals surface area contributed by atoms with Crippen molar-refractivity contribution in [3.63, 3.8) is 0 Å². The molecule has 2 aliphatic heterocycles. The highest BCUT2D eigenvalue weighted by molar-refractivity contribution is 5.95. The molecule has 1 N–H and O–H groups in total. The first-order valence-corrected chi connectivity index (χ1v) is 12.0. The molecule has 4 heterocycles. The highest BCUT2D eigenvalue weighted by Crippen LogP contribution is 2.46. The lowest BCUT2D eigenvalue weighted by atomic mass is 9.89. The number of nitrogens with one attached hydrogen (secondary N) is 1. The van der Waals surface area contributed by atoms with Crippen LogP contribution in [0.3, 0.4) is 0 Å². The maximum absolute atomic E-state index is 13.9. The van der Waals surface area contributed by atoms with E-state index in [1.54, 1.807) is 27.7 Å². The second kappa shape index (κ2) is 9.83. The molecule has 0 saturated carbocycles. The van der Waals surface area contributed by atoms with Crippen LogP contribution in [0.25, 0.3) is 11.4 Å². The van der Waals surface area contributed by atoms with Crippen molar-refractivity contribution in [2.75, 3.05) is 29.9 Å². The van der Waals surface area contributed by atoms with Crippen molar-refractivity contribution >= 4 is 23.6 Å². The fraction of sp³-hybridized carbons (Fsp3) is 0.542. The Labute approximate surface area is 219 Å². The van der Waals surface area contributed by atoms with Gasteiger partial charge in [-0.3, -0.25) is 4.79 Å². The standard InChI is InChI=1S/C24H26F6N6O3/c1-12-10-35(5-6-36(12)21(38)39-22(2,3)4)16-8-13(23(25,26)27)7-15(33-16)19-18-14(24(28,29)30)9-17(37)34-20(18)32-11-31-19/h7-8,11-12,14H,5-6,9-10H2,1-4H3,(H,31,32,34,37)/t12-,14+/m0/s1. The molecule has 2 aromatic rings. The summed E-state index contributed by atoms with van der Waals surface area (Å²) in [6.07, 6.45) is -10.4. The Kier molecular flexibility index (Phi) is 7.15. The lowest BCUT2D eigenvalue weighted by molar-refractivity contribution is -0.156. The minimum absolute atomic E-state index is 0.0934. The minimum Gasteiger partial charge on any atom is -0.444 e. The molecule has 1 saturated heterocycles. The van der Waals surface area contributed by atoms with Gasteiger partial charge in [0.2, 0.25) is 5.91 Å². The fourth-order valence-electron chi connectivity index (χ4n) is 4.50. The summed E-state index contributed by atoms with van der Waals surface area (Å²) in [5.41, 5.74) is -3.34. The smallest absolute Gasteiger partial charge is 0.416 e. The maximum Gasteiger partial charge on any atom is 0.416 e. The van der Waals surface area contributed by atoms with Gasteiger partial charge in [-0.1, -0.05) is 0 Å². The summed E-state index contributed by atoms with van der Waals surface area (Å²) in [6.45, 7) is 7.13. The van der Waals surface area contributed by atoms with Gasteiger partial charge in [0.15, 0.2) is 0 Å². The van der Waals surface area contributed by atoms with Crippen LogP contribution in [0.4, 0.5) is 42.8 Å². The van der Waals surface area contributed by atoms with Gasteiger partial charge in [-0.05, 0) is 39.8 Å². The number of anilines is 2. The van der Waals surface area contributed by atoms with Crippen molar-refractivity contribution in [3.05, 3.63) is 29.6 Å². The van der Waals surface area contributed by atoms with E-state index >= 15 is 0 Å². The molecule has 0 bridgehead atoms. The van der Waals surface area contributed by atoms with Crippen LogP contribution in [0.15, 0.2) is 18.5 Å². The van der Waals surface area contributed by atoms with Crippen LogP contribution in [0, 0.1) is 0 Å². The van der Waals surface area contributed by atoms with Crippen LogP contribution in [-0.2, 0) is 15.7 Å². The first-order chi connectivity index (χ1) is 17.9. The van der Waals surface area contributed by atoms with Gasteiger partial charge in [-0.2, -0.15) is 26.3 Å². The highest BCUT2D eigenvalue weighted by atomic mass is 19.4. The van der Waals surface area contributed by atoms with Crippen LogP contribution < -0.4 is 10.2 Å². The zero-order valence-electron chi connectivity index (χ0n) is 21.4. The summed E-state index contributed by atoms with van der Waals surface area (Å²) < 4.78 is 88.8. The molecule has 0 spiro atoms. The van der Waals surface area contributed by atoms with E-state index in [2.05, 4.69) is 20.3 Å². The molecule has 0 radical (unpaired) electrons. The lowest BCUT2D eigenvalue weighted by Crippen LogP contribution is -2.55. The van der Waals surface area contributed by atoms with Crippen LogP contribution in [0.2, 0.25) is 0 Å². The Hall–Kier alpha value is -3.65. The zero-order valence-corrected chi connectivity index (χ0v) is 21.4. The van der Waals surface area contributed by atoms with Crippen LogP contribution >= 0.6 is 0 Å². The number of amides is 2. The molecule has 2 atom stereocenters. The number of halogens is 6. The molecular weight excluding hydrogens is 534 g/mol. The fourth-order valence-corrected chi connectivity index (χ4v) is 4.50. The number of pyridine rings is 1. The molecule has 2 aromatic heterocycles. The normalized spacial score (nSPS) is 20.4. The number of piperazine rings is 1. The van der Waals surface area contributed by atoms with Gasteiger partial charge in [-0.25, -0.2) is 19.7 Å². The predicted octanol–water partition coefficient (Wildman–Crippen LogP) is 4.99. The van der Waals surface area contributed by atoms with Gasteiger partial charge in [0.25, 0.3) is 0 Å². The summed E-state index contributed by atoms with van der Waals surface area (Å²) in [5.74, 6) is -3.83. The topological polar surface area (TPSA) is 101 Å². The number of hydrogen-bond donors (Lipinski definition) is 1. The predicted molar refractivity (Wildman–Crippen MR) is 127 cm³/mol. The number of nitrogens with zero attached hydrogens (tertiary/aromatic N) is 5. The van der Waals surface area contributed by atoms with Crippen molar-refractivity contribution in [1.29, 1.82) is 0 Å². The number of aromatic nitrogens is 3. The third-order valence-electron chi connectivity index (χ3n) is 6.24. The summed E-state index contributed by atoms with van der Waals surface area (Å²) in [7, 11) is 0. The second-order valence-corrected chi connectivity index (χ2v) is 10.4. The van der Waals surface area contributed by atoms with Crippen molar-refractivity contribution < 1.29 is 40.7 Å². The number of fused-ring (bicyclic) bond motifs is 1. The Morgan fingerprint density at radius 2 is 1.77 bits per heavy atom.